The molecule has 42 heavy (non-hydrogen) atoms. The van der Waals surface area contributed by atoms with Gasteiger partial charge in [-0.3, -0.25) is 24.0 Å². The lowest BCUT2D eigenvalue weighted by Crippen LogP contribution is -2.58. The first-order valence-electron chi connectivity index (χ1n) is 15.4. The predicted octanol–water partition coefficient (Wildman–Crippen LogP) is 1.71. The maximum atomic E-state index is 13.5. The molecule has 12 heteroatoms. The number of unbranched alkanes of at least 4 members (excludes halogenated alkanes) is 4. The molecular formula is C30H53N5O7. The summed E-state index contributed by atoms with van der Waals surface area (Å²) in [6.45, 7) is 13.6. The highest BCUT2D eigenvalue weighted by Gasteiger charge is 2.34. The van der Waals surface area contributed by atoms with Gasteiger partial charge in [-0.05, 0) is 44.9 Å². The topological polar surface area (TPSA) is 172 Å². The third-order valence-corrected chi connectivity index (χ3v) is 7.33. The van der Waals surface area contributed by atoms with Crippen molar-refractivity contribution in [1.29, 1.82) is 0 Å². The minimum atomic E-state index is -1.01. The summed E-state index contributed by atoms with van der Waals surface area (Å²) in [6.07, 6.45) is 4.80. The summed E-state index contributed by atoms with van der Waals surface area (Å²) in [5.41, 5.74) is 0. The van der Waals surface area contributed by atoms with Crippen molar-refractivity contribution in [2.75, 3.05) is 6.54 Å². The van der Waals surface area contributed by atoms with E-state index >= 15 is 0 Å². The largest absolute Gasteiger partial charge is 0.460 e. The Bertz CT molecular complexity index is 939. The van der Waals surface area contributed by atoms with Crippen LogP contribution in [0.3, 0.4) is 0 Å². The van der Waals surface area contributed by atoms with Gasteiger partial charge in [-0.2, -0.15) is 0 Å². The zero-order chi connectivity index (χ0) is 32.0. The van der Waals surface area contributed by atoms with Crippen LogP contribution in [0, 0.1) is 17.8 Å². The summed E-state index contributed by atoms with van der Waals surface area (Å²) in [5, 5.41) is 13.0. The molecule has 0 aromatic carbocycles. The van der Waals surface area contributed by atoms with Gasteiger partial charge >= 0.3 is 5.97 Å². The molecule has 0 spiro atoms. The molecule has 1 aliphatic rings. The quantitative estimate of drug-likeness (QED) is 0.199. The monoisotopic (exact) mass is 595 g/mol. The summed E-state index contributed by atoms with van der Waals surface area (Å²) >= 11 is 0. The molecule has 1 aliphatic heterocycles. The van der Waals surface area contributed by atoms with Crippen molar-refractivity contribution in [3.8, 4) is 0 Å². The first kappa shape index (κ1) is 36.8. The van der Waals surface area contributed by atoms with Crippen LogP contribution < -0.4 is 26.6 Å². The minimum Gasteiger partial charge on any atom is -0.460 e. The van der Waals surface area contributed by atoms with Gasteiger partial charge in [0.2, 0.25) is 29.5 Å². The molecule has 1 heterocycles. The van der Waals surface area contributed by atoms with Gasteiger partial charge in [-0.1, -0.05) is 67.2 Å². The van der Waals surface area contributed by atoms with E-state index in [1.807, 2.05) is 13.8 Å². The number of rotatable bonds is 9. The number of cyclic esters (lactones) is 1. The number of hydrogen-bond donors (Lipinski definition) is 5. The van der Waals surface area contributed by atoms with Gasteiger partial charge in [0.15, 0.2) is 0 Å². The molecular weight excluding hydrogens is 542 g/mol. The van der Waals surface area contributed by atoms with Gasteiger partial charge in [-0.15, -0.1) is 0 Å². The summed E-state index contributed by atoms with van der Waals surface area (Å²) in [4.78, 5) is 77.9. The predicted molar refractivity (Wildman–Crippen MR) is 159 cm³/mol. The first-order chi connectivity index (χ1) is 19.7. The third kappa shape index (κ3) is 12.8. The molecule has 0 unspecified atom stereocenters. The van der Waals surface area contributed by atoms with Crippen molar-refractivity contribution in [3.05, 3.63) is 0 Å². The van der Waals surface area contributed by atoms with Gasteiger partial charge < -0.3 is 31.3 Å². The standard InChI is InChI=1S/C30H53N5O7/c1-9-10-11-12-13-14-23-19(6)26(37)31-16-24(36)32-20(7)27(38)33-21(8)28(39)35-25(18(4)5)29(40)34-22(15-17(2)3)30(41)42-23/h17-23,25H,9-16H2,1-8H3,(H,31,37)(H,32,36)(H,33,38)(H,34,40)(H,35,39)/t19-,20-,21-,22-,23-,25-/m1/s1. The van der Waals surface area contributed by atoms with E-state index in [-0.39, 0.29) is 24.8 Å². The number of ether oxygens (including phenoxy) is 1. The maximum Gasteiger partial charge on any atom is 0.328 e. The summed E-state index contributed by atoms with van der Waals surface area (Å²) in [5.74, 6) is -4.55. The van der Waals surface area contributed by atoms with Crippen molar-refractivity contribution >= 4 is 35.5 Å². The van der Waals surface area contributed by atoms with Crippen LogP contribution in [-0.2, 0) is 33.5 Å². The first-order valence-corrected chi connectivity index (χ1v) is 15.4. The van der Waals surface area contributed by atoms with Gasteiger partial charge in [0, 0.05) is 0 Å². The van der Waals surface area contributed by atoms with E-state index in [4.69, 9.17) is 4.74 Å². The van der Waals surface area contributed by atoms with Crippen LogP contribution in [0.4, 0.5) is 0 Å². The molecule has 0 saturated carbocycles. The number of nitrogens with one attached hydrogen (secondary N) is 5. The molecule has 0 aliphatic carbocycles. The van der Waals surface area contributed by atoms with Gasteiger partial charge in [-0.25, -0.2) is 4.79 Å². The molecule has 1 fully saturated rings. The second kappa shape index (κ2) is 18.4. The van der Waals surface area contributed by atoms with E-state index < -0.39 is 71.7 Å². The molecule has 5 N–H and O–H groups in total. The maximum absolute atomic E-state index is 13.5. The number of carbonyl (C=O) groups is 6. The SMILES string of the molecule is CCCCCCC[C@H]1OC(=O)[C@@H](CC(C)C)NC(=O)[C@@H](C(C)C)NC(=O)[C@@H](C)NC(=O)[C@@H](C)NC(=O)CNC(=O)[C@@H]1C. The molecule has 5 amide bonds. The van der Waals surface area contributed by atoms with Crippen molar-refractivity contribution in [2.24, 2.45) is 17.8 Å². The Morgan fingerprint density at radius 2 is 1.33 bits per heavy atom. The second-order valence-corrected chi connectivity index (χ2v) is 12.1. The van der Waals surface area contributed by atoms with E-state index in [0.717, 1.165) is 32.1 Å². The van der Waals surface area contributed by atoms with Crippen LogP contribution in [0.1, 0.15) is 100 Å². The average Bonchev–Trinajstić information content (AvgIpc) is 2.91. The smallest absolute Gasteiger partial charge is 0.328 e. The Balaban J connectivity index is 3.36. The Morgan fingerprint density at radius 1 is 0.738 bits per heavy atom. The van der Waals surface area contributed by atoms with Crippen LogP contribution in [0.5, 0.6) is 0 Å². The lowest BCUT2D eigenvalue weighted by molar-refractivity contribution is -0.158. The molecule has 1 saturated heterocycles. The van der Waals surface area contributed by atoms with Crippen LogP contribution in [0.2, 0.25) is 0 Å². The molecule has 240 valence electrons. The fraction of sp³-hybridized carbons (Fsp3) is 0.800. The Kier molecular flexibility index (Phi) is 16.1. The van der Waals surface area contributed by atoms with Crippen LogP contribution in [0.15, 0.2) is 0 Å². The number of carbonyl (C=O) groups excluding carboxylic acids is 6. The zero-order valence-corrected chi connectivity index (χ0v) is 26.6. The Morgan fingerprint density at radius 3 is 1.93 bits per heavy atom. The lowest BCUT2D eigenvalue weighted by Gasteiger charge is -2.29. The summed E-state index contributed by atoms with van der Waals surface area (Å²) in [6, 6.07) is -3.98. The Hall–Kier alpha value is -3.18. The fourth-order valence-corrected chi connectivity index (χ4v) is 4.61. The molecule has 12 nitrogen and oxygen atoms in total. The Labute approximate surface area is 250 Å². The minimum absolute atomic E-state index is 0.0282. The molecule has 0 radical (unpaired) electrons. The summed E-state index contributed by atoms with van der Waals surface area (Å²) < 4.78 is 5.90. The fourth-order valence-electron chi connectivity index (χ4n) is 4.61. The van der Waals surface area contributed by atoms with E-state index in [9.17, 15) is 28.8 Å². The van der Waals surface area contributed by atoms with Crippen LogP contribution in [0.25, 0.3) is 0 Å². The number of esters is 1. The zero-order valence-electron chi connectivity index (χ0n) is 26.6. The van der Waals surface area contributed by atoms with Crippen molar-refractivity contribution in [2.45, 2.75) is 131 Å². The van der Waals surface area contributed by atoms with E-state index in [2.05, 4.69) is 33.5 Å². The van der Waals surface area contributed by atoms with Crippen molar-refractivity contribution in [1.82, 2.24) is 26.6 Å². The highest BCUT2D eigenvalue weighted by atomic mass is 16.5. The molecule has 1 rings (SSSR count). The number of hydrogen-bond acceptors (Lipinski definition) is 7. The molecule has 6 atom stereocenters. The molecule has 0 aromatic rings. The highest BCUT2D eigenvalue weighted by Crippen LogP contribution is 2.19. The van der Waals surface area contributed by atoms with Crippen molar-refractivity contribution < 1.29 is 33.5 Å². The van der Waals surface area contributed by atoms with Crippen LogP contribution in [-0.4, -0.2) is 72.3 Å². The van der Waals surface area contributed by atoms with Crippen LogP contribution >= 0.6 is 0 Å². The third-order valence-electron chi connectivity index (χ3n) is 7.33. The average molecular weight is 596 g/mol. The van der Waals surface area contributed by atoms with Gasteiger partial charge in [0.25, 0.3) is 0 Å². The second-order valence-electron chi connectivity index (χ2n) is 12.1. The number of amides is 5. The van der Waals surface area contributed by atoms with Crippen molar-refractivity contribution in [3.63, 3.8) is 0 Å². The normalized spacial score (nSPS) is 27.6. The lowest BCUT2D eigenvalue weighted by atomic mass is 9.96. The van der Waals surface area contributed by atoms with E-state index in [1.165, 1.54) is 13.8 Å². The van der Waals surface area contributed by atoms with Gasteiger partial charge in [0.1, 0.15) is 30.3 Å². The molecule has 0 bridgehead atoms. The summed E-state index contributed by atoms with van der Waals surface area (Å²) in [7, 11) is 0. The highest BCUT2D eigenvalue weighted by molar-refractivity contribution is 5.95. The molecule has 0 aromatic heterocycles. The van der Waals surface area contributed by atoms with Gasteiger partial charge in [0.05, 0.1) is 12.5 Å². The van der Waals surface area contributed by atoms with E-state index in [0.29, 0.717) is 6.42 Å². The van der Waals surface area contributed by atoms with E-state index in [1.54, 1.807) is 20.8 Å².